The van der Waals surface area contributed by atoms with Gasteiger partial charge in [0.15, 0.2) is 0 Å². The number of hydrogen-bond donors (Lipinski definition) is 2. The van der Waals surface area contributed by atoms with E-state index >= 15 is 0 Å². The molecule has 90 valence electrons. The van der Waals surface area contributed by atoms with Crippen LogP contribution in [0.1, 0.15) is 24.0 Å². The normalized spacial score (nSPS) is 15.7. The fourth-order valence-electron chi connectivity index (χ4n) is 1.81. The number of benzene rings is 1. The van der Waals surface area contributed by atoms with E-state index in [1.165, 1.54) is 0 Å². The van der Waals surface area contributed by atoms with Gasteiger partial charge in [-0.3, -0.25) is 20.2 Å². The molecular weight excluding hydrogens is 243 g/mol. The molecule has 0 bridgehead atoms. The van der Waals surface area contributed by atoms with Gasteiger partial charge in [-0.15, -0.1) is 0 Å². The number of nitrogens with one attached hydrogen (secondary N) is 2. The molecule has 2 rings (SSSR count). The fraction of sp³-hybridized carbons (Fsp3) is 0.250. The number of hydrogen-bond acceptors (Lipinski definition) is 3. The molecule has 1 aliphatic heterocycles. The number of rotatable bonds is 2. The average molecular weight is 256 g/mol. The molecule has 1 aliphatic rings. The van der Waals surface area contributed by atoms with Gasteiger partial charge in [-0.1, -0.05) is 31.2 Å². The van der Waals surface area contributed by atoms with Gasteiger partial charge >= 0.3 is 35.6 Å². The fourth-order valence-corrected chi connectivity index (χ4v) is 1.81. The number of imide groups is 2. The molecule has 0 spiro atoms. The molecule has 0 radical (unpaired) electrons. The summed E-state index contributed by atoms with van der Waals surface area (Å²) in [5.41, 5.74) is 1.65. The van der Waals surface area contributed by atoms with Crippen LogP contribution in [0.2, 0.25) is 0 Å². The van der Waals surface area contributed by atoms with Gasteiger partial charge in [-0.25, -0.2) is 4.79 Å². The van der Waals surface area contributed by atoms with Crippen LogP contribution >= 0.6 is 0 Å². The molecule has 2 N–H and O–H groups in total. The van der Waals surface area contributed by atoms with E-state index in [1.54, 1.807) is 18.2 Å². The molecule has 18 heavy (non-hydrogen) atoms. The van der Waals surface area contributed by atoms with E-state index in [4.69, 9.17) is 0 Å². The van der Waals surface area contributed by atoms with Crippen LogP contribution in [0.3, 0.4) is 0 Å². The van der Waals surface area contributed by atoms with Crippen LogP contribution in [0.25, 0.3) is 0 Å². The topological polar surface area (TPSA) is 75.3 Å². The van der Waals surface area contributed by atoms with Crippen molar-refractivity contribution in [3.8, 4) is 0 Å². The van der Waals surface area contributed by atoms with Crippen molar-refractivity contribution in [1.82, 2.24) is 10.6 Å². The van der Waals surface area contributed by atoms with Gasteiger partial charge in [0.2, 0.25) is 11.8 Å². The van der Waals surface area contributed by atoms with E-state index in [0.717, 1.165) is 12.0 Å². The predicted octanol–water partition coefficient (Wildman–Crippen LogP) is 0.0501. The number of urea groups is 1. The summed E-state index contributed by atoms with van der Waals surface area (Å²) in [6.45, 7) is 1.99. The van der Waals surface area contributed by atoms with Crippen LogP contribution < -0.4 is 10.6 Å². The first-order chi connectivity index (χ1) is 8.11. The van der Waals surface area contributed by atoms with Crippen molar-refractivity contribution in [2.24, 2.45) is 0 Å². The zero-order valence-corrected chi connectivity index (χ0v) is 9.32. The number of amides is 4. The van der Waals surface area contributed by atoms with Crippen LogP contribution in [0.4, 0.5) is 4.79 Å². The first kappa shape index (κ1) is 14.9. The standard InChI is InChI=1S/C12H12N2O3.Na.H/c1-2-7-4-3-5-8(6-7)9-10(15)13-12(17)14-11(9)16;;/h3-6,9H,2H2,1H3,(H2,13,14,15,16,17);;. The monoisotopic (exact) mass is 256 g/mol. The number of carbonyl (C=O) groups is 3. The van der Waals surface area contributed by atoms with Gasteiger partial charge in [0.1, 0.15) is 5.92 Å². The Morgan fingerprint density at radius 2 is 1.72 bits per heavy atom. The van der Waals surface area contributed by atoms with Crippen molar-refractivity contribution in [2.45, 2.75) is 19.3 Å². The van der Waals surface area contributed by atoms with Gasteiger partial charge in [0, 0.05) is 0 Å². The van der Waals surface area contributed by atoms with Gasteiger partial charge in [0.05, 0.1) is 0 Å². The van der Waals surface area contributed by atoms with Crippen molar-refractivity contribution < 1.29 is 14.4 Å². The van der Waals surface area contributed by atoms with Gasteiger partial charge in [-0.05, 0) is 17.5 Å². The summed E-state index contributed by atoms with van der Waals surface area (Å²) >= 11 is 0. The maximum atomic E-state index is 11.6. The van der Waals surface area contributed by atoms with Crippen molar-refractivity contribution in [3.05, 3.63) is 35.4 Å². The Balaban J connectivity index is 0.00000162. The molecular formula is C12H13N2NaO3. The Morgan fingerprint density at radius 3 is 2.28 bits per heavy atom. The van der Waals surface area contributed by atoms with Crippen LogP contribution in [0.15, 0.2) is 24.3 Å². The van der Waals surface area contributed by atoms with Crippen molar-refractivity contribution in [2.75, 3.05) is 0 Å². The summed E-state index contributed by atoms with van der Waals surface area (Å²) in [4.78, 5) is 34.2. The van der Waals surface area contributed by atoms with Crippen molar-refractivity contribution in [1.29, 1.82) is 0 Å². The van der Waals surface area contributed by atoms with Crippen LogP contribution in [-0.2, 0) is 16.0 Å². The number of aryl methyl sites for hydroxylation is 1. The second-order valence-electron chi connectivity index (χ2n) is 3.84. The van der Waals surface area contributed by atoms with E-state index < -0.39 is 23.8 Å². The molecule has 1 fully saturated rings. The van der Waals surface area contributed by atoms with Gasteiger partial charge in [-0.2, -0.15) is 0 Å². The Labute approximate surface area is 127 Å². The zero-order valence-electron chi connectivity index (χ0n) is 9.32. The number of carbonyl (C=O) groups excluding carboxylic acids is 3. The quantitative estimate of drug-likeness (QED) is 0.580. The molecule has 0 unspecified atom stereocenters. The summed E-state index contributed by atoms with van der Waals surface area (Å²) < 4.78 is 0. The third-order valence-electron chi connectivity index (χ3n) is 2.69. The summed E-state index contributed by atoms with van der Waals surface area (Å²) in [7, 11) is 0. The molecule has 1 saturated heterocycles. The molecule has 1 heterocycles. The maximum absolute atomic E-state index is 11.6. The summed E-state index contributed by atoms with van der Waals surface area (Å²) in [6.07, 6.45) is 0.822. The van der Waals surface area contributed by atoms with E-state index in [2.05, 4.69) is 10.6 Å². The molecule has 0 saturated carbocycles. The molecule has 0 aromatic heterocycles. The SMILES string of the molecule is CCc1cccc(C2C(=O)NC(=O)NC2=O)c1.[NaH]. The summed E-state index contributed by atoms with van der Waals surface area (Å²) in [5, 5.41) is 4.17. The van der Waals surface area contributed by atoms with Crippen LogP contribution in [0, 0.1) is 0 Å². The van der Waals surface area contributed by atoms with Crippen LogP contribution in [0.5, 0.6) is 0 Å². The summed E-state index contributed by atoms with van der Waals surface area (Å²) in [5.74, 6) is -2.10. The Kier molecular flexibility index (Phi) is 5.07. The molecule has 5 nitrogen and oxygen atoms in total. The van der Waals surface area contributed by atoms with Crippen LogP contribution in [-0.4, -0.2) is 47.4 Å². The van der Waals surface area contributed by atoms with E-state index in [0.29, 0.717) is 5.56 Å². The van der Waals surface area contributed by atoms with E-state index in [-0.39, 0.29) is 29.6 Å². The molecule has 1 aromatic rings. The van der Waals surface area contributed by atoms with Crippen molar-refractivity contribution >= 4 is 47.4 Å². The first-order valence-electron chi connectivity index (χ1n) is 5.36. The van der Waals surface area contributed by atoms with Gasteiger partial charge < -0.3 is 0 Å². The summed E-state index contributed by atoms with van der Waals surface area (Å²) in [6, 6.07) is 6.47. The Hall–Kier alpha value is -1.17. The molecule has 4 amide bonds. The molecule has 6 heteroatoms. The Bertz CT molecular complexity index is 482. The third kappa shape index (κ3) is 2.98. The first-order valence-corrected chi connectivity index (χ1v) is 5.36. The number of barbiturate groups is 1. The average Bonchev–Trinajstić information content (AvgIpc) is 2.28. The minimum absolute atomic E-state index is 0. The second-order valence-corrected chi connectivity index (χ2v) is 3.84. The van der Waals surface area contributed by atoms with E-state index in [1.807, 2.05) is 13.0 Å². The predicted molar refractivity (Wildman–Crippen MR) is 67.4 cm³/mol. The third-order valence-corrected chi connectivity index (χ3v) is 2.69. The zero-order chi connectivity index (χ0) is 12.4. The second kappa shape index (κ2) is 6.13. The molecule has 0 atom stereocenters. The molecule has 1 aromatic carbocycles. The van der Waals surface area contributed by atoms with Gasteiger partial charge in [0.25, 0.3) is 0 Å². The minimum atomic E-state index is -0.945. The molecule has 0 aliphatic carbocycles. The van der Waals surface area contributed by atoms with Crippen molar-refractivity contribution in [3.63, 3.8) is 0 Å². The Morgan fingerprint density at radius 1 is 1.11 bits per heavy atom. The van der Waals surface area contributed by atoms with E-state index in [9.17, 15) is 14.4 Å².